The van der Waals surface area contributed by atoms with E-state index in [0.717, 1.165) is 34.1 Å². The summed E-state index contributed by atoms with van der Waals surface area (Å²) in [6.45, 7) is 1.91. The summed E-state index contributed by atoms with van der Waals surface area (Å²) in [7, 11) is 1.60. The number of hydrogen-bond donors (Lipinski definition) is 2. The minimum absolute atomic E-state index is 0.0790. The van der Waals surface area contributed by atoms with Crippen LogP contribution in [0.25, 0.3) is 11.3 Å². The highest BCUT2D eigenvalue weighted by Gasteiger charge is 2.09. The molecule has 0 radical (unpaired) electrons. The number of imidazole rings is 1. The molecule has 0 fully saturated rings. The lowest BCUT2D eigenvalue weighted by molar-refractivity contribution is -0.115. The molecule has 0 spiro atoms. The molecule has 0 aliphatic rings. The number of amides is 1. The monoisotopic (exact) mass is 321 g/mol. The summed E-state index contributed by atoms with van der Waals surface area (Å²) in [4.78, 5) is 19.6. The minimum Gasteiger partial charge on any atom is -0.496 e. The topological polar surface area (TPSA) is 67.0 Å². The lowest BCUT2D eigenvalue weighted by atomic mass is 10.1. The first-order chi connectivity index (χ1) is 11.7. The molecule has 0 saturated carbocycles. The molecule has 0 atom stereocenters. The molecule has 0 saturated heterocycles. The third kappa shape index (κ3) is 3.63. The van der Waals surface area contributed by atoms with Gasteiger partial charge in [-0.2, -0.15) is 0 Å². The predicted octanol–water partition coefficient (Wildman–Crippen LogP) is 3.57. The molecule has 2 aromatic carbocycles. The Kier molecular flexibility index (Phi) is 4.61. The van der Waals surface area contributed by atoms with Crippen molar-refractivity contribution in [3.63, 3.8) is 0 Å². The molecule has 122 valence electrons. The largest absolute Gasteiger partial charge is 0.496 e. The Morgan fingerprint density at radius 2 is 1.92 bits per heavy atom. The number of para-hydroxylation sites is 1. The highest BCUT2D eigenvalue weighted by atomic mass is 16.5. The van der Waals surface area contributed by atoms with Crippen LogP contribution in [0.3, 0.4) is 0 Å². The zero-order valence-corrected chi connectivity index (χ0v) is 13.7. The molecule has 0 unspecified atom stereocenters. The van der Waals surface area contributed by atoms with Gasteiger partial charge in [0.1, 0.15) is 11.6 Å². The van der Waals surface area contributed by atoms with Crippen molar-refractivity contribution >= 4 is 11.6 Å². The van der Waals surface area contributed by atoms with Gasteiger partial charge in [0, 0.05) is 11.3 Å². The molecule has 3 rings (SSSR count). The number of benzene rings is 2. The Labute approximate surface area is 140 Å². The third-order valence-corrected chi connectivity index (χ3v) is 3.73. The van der Waals surface area contributed by atoms with E-state index in [2.05, 4.69) is 15.3 Å². The van der Waals surface area contributed by atoms with E-state index in [4.69, 9.17) is 4.74 Å². The van der Waals surface area contributed by atoms with Crippen molar-refractivity contribution in [2.24, 2.45) is 0 Å². The van der Waals surface area contributed by atoms with E-state index in [1.165, 1.54) is 0 Å². The number of nitrogens with zero attached hydrogens (tertiary/aromatic N) is 1. The molecule has 1 amide bonds. The van der Waals surface area contributed by atoms with Crippen molar-refractivity contribution < 1.29 is 9.53 Å². The fourth-order valence-corrected chi connectivity index (χ4v) is 2.53. The van der Waals surface area contributed by atoms with Gasteiger partial charge in [-0.05, 0) is 30.7 Å². The SMILES string of the molecule is COc1ccccc1CC(=O)Nc1ccc(-c2cnc(C)[nH]2)cc1. The van der Waals surface area contributed by atoms with Crippen molar-refractivity contribution in [2.45, 2.75) is 13.3 Å². The number of H-pyrrole nitrogens is 1. The second kappa shape index (κ2) is 7.00. The lowest BCUT2D eigenvalue weighted by Gasteiger charge is -2.09. The van der Waals surface area contributed by atoms with Gasteiger partial charge < -0.3 is 15.0 Å². The number of aromatic nitrogens is 2. The summed E-state index contributed by atoms with van der Waals surface area (Å²) in [5, 5.41) is 2.91. The highest BCUT2D eigenvalue weighted by molar-refractivity contribution is 5.92. The normalized spacial score (nSPS) is 10.4. The summed E-state index contributed by atoms with van der Waals surface area (Å²) in [6.07, 6.45) is 2.07. The minimum atomic E-state index is -0.0790. The summed E-state index contributed by atoms with van der Waals surface area (Å²) >= 11 is 0. The third-order valence-electron chi connectivity index (χ3n) is 3.73. The Morgan fingerprint density at radius 3 is 2.58 bits per heavy atom. The van der Waals surface area contributed by atoms with Gasteiger partial charge in [-0.1, -0.05) is 30.3 Å². The number of ether oxygens (including phenoxy) is 1. The van der Waals surface area contributed by atoms with Crippen LogP contribution in [0, 0.1) is 6.92 Å². The quantitative estimate of drug-likeness (QED) is 0.755. The van der Waals surface area contributed by atoms with Gasteiger partial charge in [0.2, 0.25) is 5.91 Å². The van der Waals surface area contributed by atoms with Crippen LogP contribution in [-0.2, 0) is 11.2 Å². The van der Waals surface area contributed by atoms with Crippen LogP contribution in [-0.4, -0.2) is 23.0 Å². The van der Waals surface area contributed by atoms with Crippen LogP contribution in [0.2, 0.25) is 0 Å². The van der Waals surface area contributed by atoms with Crippen LogP contribution < -0.4 is 10.1 Å². The molecule has 5 heteroatoms. The van der Waals surface area contributed by atoms with Crippen LogP contribution >= 0.6 is 0 Å². The number of rotatable bonds is 5. The molecular formula is C19H19N3O2. The molecule has 1 aromatic heterocycles. The number of aromatic amines is 1. The van der Waals surface area contributed by atoms with Crippen molar-refractivity contribution in [1.29, 1.82) is 0 Å². The number of aryl methyl sites for hydroxylation is 1. The van der Waals surface area contributed by atoms with Gasteiger partial charge in [-0.25, -0.2) is 4.98 Å². The van der Waals surface area contributed by atoms with Crippen LogP contribution in [0.1, 0.15) is 11.4 Å². The smallest absolute Gasteiger partial charge is 0.228 e. The van der Waals surface area contributed by atoms with Gasteiger partial charge >= 0.3 is 0 Å². The van der Waals surface area contributed by atoms with E-state index < -0.39 is 0 Å². The number of anilines is 1. The summed E-state index contributed by atoms with van der Waals surface area (Å²) in [5.74, 6) is 1.52. The molecule has 0 aliphatic heterocycles. The second-order valence-electron chi connectivity index (χ2n) is 5.50. The first-order valence-corrected chi connectivity index (χ1v) is 7.69. The van der Waals surface area contributed by atoms with Crippen molar-refractivity contribution in [3.8, 4) is 17.0 Å². The highest BCUT2D eigenvalue weighted by Crippen LogP contribution is 2.21. The summed E-state index contributed by atoms with van der Waals surface area (Å²) < 4.78 is 5.27. The van der Waals surface area contributed by atoms with E-state index in [-0.39, 0.29) is 12.3 Å². The number of carbonyl (C=O) groups is 1. The summed E-state index contributed by atoms with van der Waals surface area (Å²) in [6, 6.07) is 15.2. The Bertz CT molecular complexity index is 838. The molecule has 3 aromatic rings. The maximum Gasteiger partial charge on any atom is 0.228 e. The second-order valence-corrected chi connectivity index (χ2v) is 5.50. The molecule has 2 N–H and O–H groups in total. The Morgan fingerprint density at radius 1 is 1.17 bits per heavy atom. The van der Waals surface area contributed by atoms with Gasteiger partial charge in [0.25, 0.3) is 0 Å². The van der Waals surface area contributed by atoms with Gasteiger partial charge in [-0.3, -0.25) is 4.79 Å². The van der Waals surface area contributed by atoms with Crippen molar-refractivity contribution in [1.82, 2.24) is 9.97 Å². The molecule has 5 nitrogen and oxygen atoms in total. The van der Waals surface area contributed by atoms with Gasteiger partial charge in [-0.15, -0.1) is 0 Å². The zero-order valence-electron chi connectivity index (χ0n) is 13.7. The Balaban J connectivity index is 1.66. The molecular weight excluding hydrogens is 302 g/mol. The first-order valence-electron chi connectivity index (χ1n) is 7.69. The van der Waals surface area contributed by atoms with E-state index in [1.54, 1.807) is 13.3 Å². The fourth-order valence-electron chi connectivity index (χ4n) is 2.53. The number of nitrogens with one attached hydrogen (secondary N) is 2. The first kappa shape index (κ1) is 15.8. The molecule has 0 bridgehead atoms. The average molecular weight is 321 g/mol. The van der Waals surface area contributed by atoms with Crippen LogP contribution in [0.5, 0.6) is 5.75 Å². The average Bonchev–Trinajstić information content (AvgIpc) is 3.02. The van der Waals surface area contributed by atoms with Crippen molar-refractivity contribution in [2.75, 3.05) is 12.4 Å². The predicted molar refractivity (Wildman–Crippen MR) is 94.1 cm³/mol. The fraction of sp³-hybridized carbons (Fsp3) is 0.158. The molecule has 24 heavy (non-hydrogen) atoms. The van der Waals surface area contributed by atoms with Gasteiger partial charge in [0.15, 0.2) is 0 Å². The standard InChI is InChI=1S/C19H19N3O2/c1-13-20-12-17(21-13)14-7-9-16(10-8-14)22-19(23)11-15-5-3-4-6-18(15)24-2/h3-10,12H,11H2,1-2H3,(H,20,21)(H,22,23). The Hall–Kier alpha value is -3.08. The number of carbonyl (C=O) groups excluding carboxylic acids is 1. The van der Waals surface area contributed by atoms with E-state index in [0.29, 0.717) is 0 Å². The van der Waals surface area contributed by atoms with Crippen LogP contribution in [0.4, 0.5) is 5.69 Å². The number of hydrogen-bond acceptors (Lipinski definition) is 3. The van der Waals surface area contributed by atoms with E-state index in [1.807, 2.05) is 55.5 Å². The molecule has 1 heterocycles. The summed E-state index contributed by atoms with van der Waals surface area (Å²) in [5.41, 5.74) is 3.61. The maximum atomic E-state index is 12.2. The van der Waals surface area contributed by atoms with Crippen LogP contribution in [0.15, 0.2) is 54.7 Å². The number of methoxy groups -OCH3 is 1. The van der Waals surface area contributed by atoms with E-state index in [9.17, 15) is 4.79 Å². The lowest BCUT2D eigenvalue weighted by Crippen LogP contribution is -2.14. The molecule has 0 aliphatic carbocycles. The van der Waals surface area contributed by atoms with Gasteiger partial charge in [0.05, 0.1) is 25.4 Å². The van der Waals surface area contributed by atoms with E-state index >= 15 is 0 Å². The maximum absolute atomic E-state index is 12.2. The van der Waals surface area contributed by atoms with Crippen molar-refractivity contribution in [3.05, 3.63) is 66.1 Å². The zero-order chi connectivity index (χ0) is 16.9.